The van der Waals surface area contributed by atoms with E-state index in [-0.39, 0.29) is 11.3 Å². The lowest BCUT2D eigenvalue weighted by molar-refractivity contribution is -0.132. The van der Waals surface area contributed by atoms with E-state index in [9.17, 15) is 14.7 Å². The van der Waals surface area contributed by atoms with Crippen LogP contribution in [0.3, 0.4) is 0 Å². The smallest absolute Gasteiger partial charge is 0.301 e. The van der Waals surface area contributed by atoms with E-state index in [2.05, 4.69) is 16.5 Å². The molecule has 1 N–H and O–H groups in total. The van der Waals surface area contributed by atoms with Gasteiger partial charge in [0.15, 0.2) is 10.9 Å². The second kappa shape index (κ2) is 9.68. The molecule has 1 fully saturated rings. The van der Waals surface area contributed by atoms with Gasteiger partial charge in [-0.3, -0.25) is 18.9 Å². The summed E-state index contributed by atoms with van der Waals surface area (Å²) in [6.07, 6.45) is 3.39. The molecule has 0 saturated carbocycles. The van der Waals surface area contributed by atoms with Crippen molar-refractivity contribution >= 4 is 61.4 Å². The van der Waals surface area contributed by atoms with Crippen molar-refractivity contribution in [2.24, 2.45) is 0 Å². The summed E-state index contributed by atoms with van der Waals surface area (Å²) in [5.74, 6) is -1.31. The maximum atomic E-state index is 13.6. The summed E-state index contributed by atoms with van der Waals surface area (Å²) in [5, 5.41) is 12.5. The van der Waals surface area contributed by atoms with E-state index in [1.165, 1.54) is 16.2 Å². The van der Waals surface area contributed by atoms with E-state index < -0.39 is 17.7 Å². The number of hydrogen-bond donors (Lipinski definition) is 1. The zero-order chi connectivity index (χ0) is 27.3. The molecule has 1 atom stereocenters. The van der Waals surface area contributed by atoms with Crippen LogP contribution in [0, 0.1) is 6.92 Å². The monoisotopic (exact) mass is 556 g/mol. The first kappa shape index (κ1) is 24.8. The standard InChI is InChI=1S/C29H21ClN4O4S/c1-3-14-38-19-10-7-17(8-11-19)25-23(26(35)24-16(2)31-22-6-4-5-13-33(22)24)27(36)28(37)34(25)29-32-20-12-9-18(30)15-21(20)39-29/h3-13,15,25,35H,1,14H2,2H3/b26-23+. The van der Waals surface area contributed by atoms with Crippen molar-refractivity contribution in [3.05, 3.63) is 107 Å². The Morgan fingerprint density at radius 1 is 1.15 bits per heavy atom. The van der Waals surface area contributed by atoms with Crippen molar-refractivity contribution in [2.45, 2.75) is 13.0 Å². The number of halogens is 1. The fraction of sp³-hybridized carbons (Fsp3) is 0.103. The number of aliphatic hydroxyl groups is 1. The molecule has 4 heterocycles. The molecule has 1 aliphatic heterocycles. The first-order valence-electron chi connectivity index (χ1n) is 12.0. The molecule has 3 aromatic heterocycles. The molecule has 5 aromatic rings. The van der Waals surface area contributed by atoms with Crippen molar-refractivity contribution < 1.29 is 19.4 Å². The molecule has 0 spiro atoms. The average Bonchev–Trinajstić information content (AvgIpc) is 3.58. The van der Waals surface area contributed by atoms with Crippen LogP contribution in [0.1, 0.15) is 23.0 Å². The van der Waals surface area contributed by atoms with Crippen molar-refractivity contribution in [3.8, 4) is 5.75 Å². The highest BCUT2D eigenvalue weighted by Crippen LogP contribution is 2.45. The van der Waals surface area contributed by atoms with Crippen LogP contribution >= 0.6 is 22.9 Å². The number of aliphatic hydroxyl groups excluding tert-OH is 1. The molecule has 1 saturated heterocycles. The Hall–Kier alpha value is -4.47. The zero-order valence-electron chi connectivity index (χ0n) is 20.7. The van der Waals surface area contributed by atoms with Gasteiger partial charge in [-0.15, -0.1) is 0 Å². The topological polar surface area (TPSA) is 97.0 Å². The van der Waals surface area contributed by atoms with Gasteiger partial charge in [0.05, 0.1) is 27.5 Å². The molecule has 1 amide bonds. The highest BCUT2D eigenvalue weighted by atomic mass is 35.5. The fourth-order valence-corrected chi connectivity index (χ4v) is 6.03. The van der Waals surface area contributed by atoms with E-state index in [1.54, 1.807) is 78.2 Å². The number of pyridine rings is 1. The number of aromatic nitrogens is 3. The summed E-state index contributed by atoms with van der Waals surface area (Å²) in [6.45, 7) is 5.74. The molecule has 0 bridgehead atoms. The number of thiazole rings is 1. The minimum atomic E-state index is -0.942. The number of imidazole rings is 1. The quantitative estimate of drug-likeness (QED) is 0.117. The zero-order valence-corrected chi connectivity index (χ0v) is 22.2. The lowest BCUT2D eigenvalue weighted by atomic mass is 9.96. The third kappa shape index (κ3) is 4.16. The van der Waals surface area contributed by atoms with E-state index in [0.29, 0.717) is 50.6 Å². The number of hydrogen-bond acceptors (Lipinski definition) is 7. The van der Waals surface area contributed by atoms with Crippen LogP contribution in [0.5, 0.6) is 5.75 Å². The van der Waals surface area contributed by atoms with Gasteiger partial charge in [-0.1, -0.05) is 53.8 Å². The Balaban J connectivity index is 1.56. The number of rotatable bonds is 6. The predicted molar refractivity (Wildman–Crippen MR) is 151 cm³/mol. The SMILES string of the molecule is C=CCOc1ccc(C2/C(=C(\O)c3c(C)nc4ccccn34)C(=O)C(=O)N2c2nc3ccc(Cl)cc3s2)cc1. The number of nitrogens with zero attached hydrogens (tertiary/aromatic N) is 4. The Morgan fingerprint density at radius 3 is 2.72 bits per heavy atom. The molecule has 2 aromatic carbocycles. The third-order valence-electron chi connectivity index (χ3n) is 6.48. The first-order chi connectivity index (χ1) is 18.9. The number of fused-ring (bicyclic) bond motifs is 2. The number of amides is 1. The van der Waals surface area contributed by atoms with Gasteiger partial charge >= 0.3 is 5.91 Å². The second-order valence-electron chi connectivity index (χ2n) is 8.92. The number of ketones is 1. The van der Waals surface area contributed by atoms with Crippen LogP contribution in [-0.4, -0.2) is 37.8 Å². The molecule has 0 aliphatic carbocycles. The first-order valence-corrected chi connectivity index (χ1v) is 13.2. The number of ether oxygens (including phenoxy) is 1. The summed E-state index contributed by atoms with van der Waals surface area (Å²) >= 11 is 7.42. The van der Waals surface area contributed by atoms with Crippen LogP contribution in [0.2, 0.25) is 5.02 Å². The van der Waals surface area contributed by atoms with Crippen molar-refractivity contribution in [2.75, 3.05) is 11.5 Å². The minimum absolute atomic E-state index is 0.0502. The Bertz CT molecular complexity index is 1820. The Labute approximate surface area is 232 Å². The third-order valence-corrected chi connectivity index (χ3v) is 7.73. The lowest BCUT2D eigenvalue weighted by Gasteiger charge is -2.23. The van der Waals surface area contributed by atoms with Gasteiger partial charge in [0, 0.05) is 11.2 Å². The number of anilines is 1. The van der Waals surface area contributed by atoms with Crippen LogP contribution in [0.15, 0.2) is 85.1 Å². The van der Waals surface area contributed by atoms with E-state index in [1.807, 2.05) is 6.07 Å². The van der Waals surface area contributed by atoms with E-state index in [4.69, 9.17) is 16.3 Å². The van der Waals surface area contributed by atoms with Crippen LogP contribution < -0.4 is 9.64 Å². The van der Waals surface area contributed by atoms with Gasteiger partial charge in [-0.25, -0.2) is 9.97 Å². The van der Waals surface area contributed by atoms with Gasteiger partial charge in [0.2, 0.25) is 0 Å². The van der Waals surface area contributed by atoms with E-state index in [0.717, 1.165) is 4.70 Å². The van der Waals surface area contributed by atoms with Crippen LogP contribution in [-0.2, 0) is 9.59 Å². The number of benzene rings is 2. The highest BCUT2D eigenvalue weighted by Gasteiger charge is 2.48. The summed E-state index contributed by atoms with van der Waals surface area (Å²) in [5.41, 5.74) is 2.67. The van der Waals surface area contributed by atoms with Gasteiger partial charge in [-0.05, 0) is 55.0 Å². The maximum Gasteiger partial charge on any atom is 0.301 e. The summed E-state index contributed by atoms with van der Waals surface area (Å²) in [6, 6.07) is 16.8. The molecule has 8 nitrogen and oxygen atoms in total. The molecule has 1 unspecified atom stereocenters. The minimum Gasteiger partial charge on any atom is -0.505 e. The maximum absolute atomic E-state index is 13.6. The summed E-state index contributed by atoms with van der Waals surface area (Å²) in [7, 11) is 0. The lowest BCUT2D eigenvalue weighted by Crippen LogP contribution is -2.29. The Kier molecular flexibility index (Phi) is 6.17. The number of carbonyl (C=O) groups is 2. The van der Waals surface area contributed by atoms with Crippen LogP contribution in [0.25, 0.3) is 21.6 Å². The van der Waals surface area contributed by atoms with Gasteiger partial charge < -0.3 is 9.84 Å². The predicted octanol–water partition coefficient (Wildman–Crippen LogP) is 6.10. The molecule has 6 rings (SSSR count). The molecule has 194 valence electrons. The fourth-order valence-electron chi connectivity index (χ4n) is 4.76. The van der Waals surface area contributed by atoms with Crippen LogP contribution in [0.4, 0.5) is 5.13 Å². The second-order valence-corrected chi connectivity index (χ2v) is 10.4. The van der Waals surface area contributed by atoms with Gasteiger partial charge in [-0.2, -0.15) is 0 Å². The highest BCUT2D eigenvalue weighted by molar-refractivity contribution is 7.22. The molecule has 0 radical (unpaired) electrons. The molecule has 39 heavy (non-hydrogen) atoms. The van der Waals surface area contributed by atoms with Gasteiger partial charge in [0.25, 0.3) is 5.78 Å². The summed E-state index contributed by atoms with van der Waals surface area (Å²) < 4.78 is 8.08. The normalized spacial score (nSPS) is 16.9. The number of carbonyl (C=O) groups excluding carboxylic acids is 2. The van der Waals surface area contributed by atoms with Gasteiger partial charge in [0.1, 0.15) is 23.7 Å². The average molecular weight is 557 g/mol. The molecular formula is C29H21ClN4O4S. The summed E-state index contributed by atoms with van der Waals surface area (Å²) in [4.78, 5) is 37.7. The molecular weight excluding hydrogens is 536 g/mol. The Morgan fingerprint density at radius 2 is 1.95 bits per heavy atom. The van der Waals surface area contributed by atoms with E-state index >= 15 is 0 Å². The molecule has 10 heteroatoms. The van der Waals surface area contributed by atoms with Crippen molar-refractivity contribution in [3.63, 3.8) is 0 Å². The van der Waals surface area contributed by atoms with Crippen molar-refractivity contribution in [1.82, 2.24) is 14.4 Å². The number of Topliss-reactive ketones (excluding diaryl/α,β-unsaturated/α-hetero) is 1. The molecule has 1 aliphatic rings. The van der Waals surface area contributed by atoms with Crippen molar-refractivity contribution in [1.29, 1.82) is 0 Å². The number of aryl methyl sites for hydroxylation is 1. The largest absolute Gasteiger partial charge is 0.505 e.